The van der Waals surface area contributed by atoms with Crippen molar-refractivity contribution in [3.63, 3.8) is 0 Å². The molecule has 0 bridgehead atoms. The number of nitrogens with one attached hydrogen (secondary N) is 1. The molecule has 1 fully saturated rings. The maximum Gasteiger partial charge on any atom is 0.0367 e. The van der Waals surface area contributed by atoms with Crippen molar-refractivity contribution >= 4 is 5.69 Å². The summed E-state index contributed by atoms with van der Waals surface area (Å²) in [4.78, 5) is 5.11. The molecule has 1 atom stereocenters. The van der Waals surface area contributed by atoms with Crippen LogP contribution in [0.3, 0.4) is 0 Å². The van der Waals surface area contributed by atoms with Gasteiger partial charge in [0.25, 0.3) is 0 Å². The lowest BCUT2D eigenvalue weighted by Gasteiger charge is -2.37. The molecular weight excluding hydrogens is 234 g/mol. The number of hydrogen-bond acceptors (Lipinski definition) is 3. The SMILES string of the molecule is CCC(CNC)CN1CCN(c2ccccc2)CC1. The number of piperazine rings is 1. The summed E-state index contributed by atoms with van der Waals surface area (Å²) in [6, 6.07) is 10.8. The third-order valence-corrected chi connectivity index (χ3v) is 4.08. The molecule has 106 valence electrons. The molecule has 2 rings (SSSR count). The first-order valence-electron chi connectivity index (χ1n) is 7.50. The van der Waals surface area contributed by atoms with Crippen molar-refractivity contribution in [2.45, 2.75) is 13.3 Å². The summed E-state index contributed by atoms with van der Waals surface area (Å²) in [6.07, 6.45) is 1.26. The molecule has 19 heavy (non-hydrogen) atoms. The van der Waals surface area contributed by atoms with Gasteiger partial charge in [-0.05, 0) is 31.6 Å². The fourth-order valence-electron chi connectivity index (χ4n) is 2.82. The van der Waals surface area contributed by atoms with Crippen LogP contribution in [-0.4, -0.2) is 51.2 Å². The van der Waals surface area contributed by atoms with Crippen molar-refractivity contribution in [2.24, 2.45) is 5.92 Å². The zero-order valence-corrected chi connectivity index (χ0v) is 12.3. The third-order valence-electron chi connectivity index (χ3n) is 4.08. The van der Waals surface area contributed by atoms with Gasteiger partial charge in [-0.2, -0.15) is 0 Å². The molecule has 1 aromatic carbocycles. The Morgan fingerprint density at radius 1 is 1.11 bits per heavy atom. The Labute approximate surface area is 117 Å². The van der Waals surface area contributed by atoms with Crippen LogP contribution in [0, 0.1) is 5.92 Å². The van der Waals surface area contributed by atoms with Gasteiger partial charge in [0.1, 0.15) is 0 Å². The van der Waals surface area contributed by atoms with Crippen LogP contribution in [0.4, 0.5) is 5.69 Å². The second-order valence-electron chi connectivity index (χ2n) is 5.46. The highest BCUT2D eigenvalue weighted by Gasteiger charge is 2.19. The highest BCUT2D eigenvalue weighted by atomic mass is 15.3. The van der Waals surface area contributed by atoms with Gasteiger partial charge in [-0.3, -0.25) is 4.90 Å². The summed E-state index contributed by atoms with van der Waals surface area (Å²) in [5.74, 6) is 0.785. The van der Waals surface area contributed by atoms with Crippen LogP contribution in [-0.2, 0) is 0 Å². The molecule has 1 aromatic rings. The van der Waals surface area contributed by atoms with E-state index in [1.54, 1.807) is 0 Å². The Morgan fingerprint density at radius 3 is 2.37 bits per heavy atom. The van der Waals surface area contributed by atoms with E-state index in [1.165, 1.54) is 31.7 Å². The van der Waals surface area contributed by atoms with Gasteiger partial charge < -0.3 is 10.2 Å². The topological polar surface area (TPSA) is 18.5 Å². The molecule has 0 amide bonds. The molecule has 3 nitrogen and oxygen atoms in total. The molecule has 0 saturated carbocycles. The van der Waals surface area contributed by atoms with Gasteiger partial charge in [-0.25, -0.2) is 0 Å². The first-order valence-corrected chi connectivity index (χ1v) is 7.50. The number of hydrogen-bond donors (Lipinski definition) is 1. The zero-order valence-electron chi connectivity index (χ0n) is 12.3. The van der Waals surface area contributed by atoms with E-state index in [1.807, 2.05) is 0 Å². The van der Waals surface area contributed by atoms with Crippen molar-refractivity contribution < 1.29 is 0 Å². The Hall–Kier alpha value is -1.06. The standard InChI is InChI=1S/C16H27N3/c1-3-15(13-17-2)14-18-9-11-19(12-10-18)16-7-5-4-6-8-16/h4-8,15,17H,3,9-14H2,1-2H3. The molecule has 1 N–H and O–H groups in total. The van der Waals surface area contributed by atoms with Crippen molar-refractivity contribution in [1.82, 2.24) is 10.2 Å². The largest absolute Gasteiger partial charge is 0.369 e. The second-order valence-corrected chi connectivity index (χ2v) is 5.46. The van der Waals surface area contributed by atoms with E-state index in [0.29, 0.717) is 0 Å². The maximum absolute atomic E-state index is 3.31. The van der Waals surface area contributed by atoms with E-state index in [9.17, 15) is 0 Å². The van der Waals surface area contributed by atoms with Gasteiger partial charge in [-0.15, -0.1) is 0 Å². The van der Waals surface area contributed by atoms with Crippen LogP contribution >= 0.6 is 0 Å². The first-order chi connectivity index (χ1) is 9.33. The van der Waals surface area contributed by atoms with Crippen LogP contribution in [0.2, 0.25) is 0 Å². The predicted molar refractivity (Wildman–Crippen MR) is 82.8 cm³/mol. The molecule has 1 unspecified atom stereocenters. The Kier molecular flexibility index (Phi) is 5.67. The van der Waals surface area contributed by atoms with Crippen LogP contribution in [0.15, 0.2) is 30.3 Å². The highest BCUT2D eigenvalue weighted by molar-refractivity contribution is 5.46. The Bertz CT molecular complexity index is 344. The number of para-hydroxylation sites is 1. The van der Waals surface area contributed by atoms with Gasteiger partial charge in [0.05, 0.1) is 0 Å². The van der Waals surface area contributed by atoms with E-state index in [2.05, 4.69) is 59.4 Å². The minimum absolute atomic E-state index is 0.785. The van der Waals surface area contributed by atoms with Gasteiger partial charge in [0.2, 0.25) is 0 Å². The molecule has 3 heteroatoms. The summed E-state index contributed by atoms with van der Waals surface area (Å²) in [7, 11) is 2.05. The number of anilines is 1. The fourth-order valence-corrected chi connectivity index (χ4v) is 2.82. The van der Waals surface area contributed by atoms with E-state index in [4.69, 9.17) is 0 Å². The van der Waals surface area contributed by atoms with E-state index in [0.717, 1.165) is 25.6 Å². The van der Waals surface area contributed by atoms with Gasteiger partial charge in [0.15, 0.2) is 0 Å². The predicted octanol–water partition coefficient (Wildman–Crippen LogP) is 2.05. The minimum atomic E-state index is 0.785. The van der Waals surface area contributed by atoms with Crippen LogP contribution in [0.5, 0.6) is 0 Å². The molecule has 0 spiro atoms. The molecule has 0 aromatic heterocycles. The Morgan fingerprint density at radius 2 is 1.79 bits per heavy atom. The Balaban J connectivity index is 1.79. The lowest BCUT2D eigenvalue weighted by molar-refractivity contribution is 0.214. The molecule has 0 radical (unpaired) electrons. The van der Waals surface area contributed by atoms with Crippen molar-refractivity contribution in [2.75, 3.05) is 51.2 Å². The average Bonchev–Trinajstić information content (AvgIpc) is 2.48. The van der Waals surface area contributed by atoms with Gasteiger partial charge in [0, 0.05) is 38.4 Å². The van der Waals surface area contributed by atoms with Crippen molar-refractivity contribution in [3.8, 4) is 0 Å². The molecule has 0 aliphatic carbocycles. The average molecular weight is 261 g/mol. The fraction of sp³-hybridized carbons (Fsp3) is 0.625. The monoisotopic (exact) mass is 261 g/mol. The summed E-state index contributed by atoms with van der Waals surface area (Å²) >= 11 is 0. The van der Waals surface area contributed by atoms with Gasteiger partial charge >= 0.3 is 0 Å². The number of nitrogens with zero attached hydrogens (tertiary/aromatic N) is 2. The maximum atomic E-state index is 3.31. The highest BCUT2D eigenvalue weighted by Crippen LogP contribution is 2.16. The quantitative estimate of drug-likeness (QED) is 0.845. The van der Waals surface area contributed by atoms with E-state index < -0.39 is 0 Å². The van der Waals surface area contributed by atoms with Crippen LogP contribution in [0.1, 0.15) is 13.3 Å². The summed E-state index contributed by atoms with van der Waals surface area (Å²) in [6.45, 7) is 9.35. The number of benzene rings is 1. The molecular formula is C16H27N3. The lowest BCUT2D eigenvalue weighted by atomic mass is 10.1. The van der Waals surface area contributed by atoms with Crippen molar-refractivity contribution in [1.29, 1.82) is 0 Å². The van der Waals surface area contributed by atoms with Gasteiger partial charge in [-0.1, -0.05) is 31.5 Å². The van der Waals surface area contributed by atoms with Crippen molar-refractivity contribution in [3.05, 3.63) is 30.3 Å². The molecule has 1 heterocycles. The summed E-state index contributed by atoms with van der Waals surface area (Å²) in [5.41, 5.74) is 1.37. The molecule has 1 saturated heterocycles. The normalized spacial score (nSPS) is 18.5. The lowest BCUT2D eigenvalue weighted by Crippen LogP contribution is -2.48. The molecule has 1 aliphatic heterocycles. The smallest absolute Gasteiger partial charge is 0.0367 e. The van der Waals surface area contributed by atoms with Crippen LogP contribution in [0.25, 0.3) is 0 Å². The second kappa shape index (κ2) is 7.51. The summed E-state index contributed by atoms with van der Waals surface area (Å²) < 4.78 is 0. The van der Waals surface area contributed by atoms with E-state index in [-0.39, 0.29) is 0 Å². The summed E-state index contributed by atoms with van der Waals surface area (Å²) in [5, 5.41) is 3.31. The van der Waals surface area contributed by atoms with Crippen LogP contribution < -0.4 is 10.2 Å². The number of rotatable bonds is 6. The minimum Gasteiger partial charge on any atom is -0.369 e. The molecule has 1 aliphatic rings. The zero-order chi connectivity index (χ0) is 13.5. The third kappa shape index (κ3) is 4.22. The first kappa shape index (κ1) is 14.4. The van der Waals surface area contributed by atoms with E-state index >= 15 is 0 Å².